The smallest absolute Gasteiger partial charge is 0.426 e. The highest BCUT2D eigenvalue weighted by atomic mass is 35.5. The maximum atomic E-state index is 10.1. The molecule has 0 aliphatic heterocycles. The van der Waals surface area contributed by atoms with Crippen LogP contribution in [0, 0.1) is 0 Å². The zero-order chi connectivity index (χ0) is 8.97. The number of hydrogen-bond acceptors (Lipinski definition) is 2. The van der Waals surface area contributed by atoms with Crippen molar-refractivity contribution in [1.82, 2.24) is 5.73 Å². The van der Waals surface area contributed by atoms with E-state index in [1.807, 2.05) is 0 Å². The molecule has 1 N–H and O–H groups in total. The van der Waals surface area contributed by atoms with Crippen molar-refractivity contribution in [2.75, 3.05) is 0 Å². The molecule has 1 aromatic rings. The lowest BCUT2D eigenvalue weighted by Gasteiger charge is -2.02. The number of hydrogen-bond donors (Lipinski definition) is 0. The van der Waals surface area contributed by atoms with Crippen LogP contribution in [0.1, 0.15) is 5.56 Å². The van der Waals surface area contributed by atoms with Crippen LogP contribution in [0.15, 0.2) is 24.3 Å². The number of halogens is 1. The Labute approximate surface area is 75.1 Å². The third-order valence-electron chi connectivity index (χ3n) is 1.32. The third kappa shape index (κ3) is 2.43. The molecule has 0 saturated heterocycles. The van der Waals surface area contributed by atoms with Crippen LogP contribution in [0.25, 0.3) is 0 Å². The summed E-state index contributed by atoms with van der Waals surface area (Å²) in [7, 11) is 0. The summed E-state index contributed by atoms with van der Waals surface area (Å²) in [6.07, 6.45) is -1.05. The molecular weight excluding hydrogens is 178 g/mol. The summed E-state index contributed by atoms with van der Waals surface area (Å²) in [5.74, 6) is 0. The van der Waals surface area contributed by atoms with Gasteiger partial charge in [-0.05, 0) is 6.07 Å². The predicted octanol–water partition coefficient (Wildman–Crippen LogP) is 2.26. The van der Waals surface area contributed by atoms with Crippen LogP contribution in [0.2, 0.25) is 5.02 Å². The first-order valence-corrected chi connectivity index (χ1v) is 3.69. The SMILES string of the molecule is [NH]C(=O)OCc1ccccc1Cl. The summed E-state index contributed by atoms with van der Waals surface area (Å²) in [5.41, 5.74) is 7.20. The quantitative estimate of drug-likeness (QED) is 0.708. The molecule has 1 rings (SSSR count). The Balaban J connectivity index is 2.63. The standard InChI is InChI=1S/C8H7ClNO2/c9-7-4-2-1-3-6(7)5-12-8(10)11/h1-4,10H,5H2. The Hall–Kier alpha value is -1.22. The van der Waals surface area contributed by atoms with Crippen molar-refractivity contribution in [2.24, 2.45) is 0 Å². The van der Waals surface area contributed by atoms with Crippen LogP contribution in [0.5, 0.6) is 0 Å². The number of amides is 1. The van der Waals surface area contributed by atoms with Crippen molar-refractivity contribution in [2.45, 2.75) is 6.61 Å². The minimum atomic E-state index is -1.05. The van der Waals surface area contributed by atoms with Gasteiger partial charge in [-0.1, -0.05) is 29.8 Å². The van der Waals surface area contributed by atoms with Gasteiger partial charge in [-0.15, -0.1) is 0 Å². The zero-order valence-corrected chi connectivity index (χ0v) is 6.97. The van der Waals surface area contributed by atoms with Crippen molar-refractivity contribution in [3.8, 4) is 0 Å². The molecule has 0 heterocycles. The molecule has 0 atom stereocenters. The van der Waals surface area contributed by atoms with Crippen molar-refractivity contribution >= 4 is 17.7 Å². The van der Waals surface area contributed by atoms with Gasteiger partial charge < -0.3 is 4.74 Å². The van der Waals surface area contributed by atoms with Crippen molar-refractivity contribution < 1.29 is 9.53 Å². The second kappa shape index (κ2) is 3.97. The lowest BCUT2D eigenvalue weighted by atomic mass is 10.2. The van der Waals surface area contributed by atoms with E-state index >= 15 is 0 Å². The molecular formula is C8H7ClNO2. The van der Waals surface area contributed by atoms with E-state index in [2.05, 4.69) is 4.74 Å². The van der Waals surface area contributed by atoms with E-state index in [1.165, 1.54) is 0 Å². The van der Waals surface area contributed by atoms with E-state index in [-0.39, 0.29) is 6.61 Å². The average molecular weight is 185 g/mol. The fourth-order valence-electron chi connectivity index (χ4n) is 0.759. The molecule has 0 unspecified atom stereocenters. The molecule has 0 fully saturated rings. The Morgan fingerprint density at radius 3 is 2.75 bits per heavy atom. The molecule has 0 aliphatic carbocycles. The fourth-order valence-corrected chi connectivity index (χ4v) is 0.949. The van der Waals surface area contributed by atoms with E-state index in [4.69, 9.17) is 17.3 Å². The average Bonchev–Trinajstić information content (AvgIpc) is 2.03. The van der Waals surface area contributed by atoms with Gasteiger partial charge in [0, 0.05) is 10.6 Å². The highest BCUT2D eigenvalue weighted by molar-refractivity contribution is 6.31. The van der Waals surface area contributed by atoms with E-state index < -0.39 is 6.09 Å². The van der Waals surface area contributed by atoms with Crippen LogP contribution in [0.3, 0.4) is 0 Å². The molecule has 1 radical (unpaired) electrons. The van der Waals surface area contributed by atoms with Crippen molar-refractivity contribution in [1.29, 1.82) is 0 Å². The van der Waals surface area contributed by atoms with Crippen molar-refractivity contribution in [3.05, 3.63) is 34.9 Å². The predicted molar refractivity (Wildman–Crippen MR) is 44.7 cm³/mol. The maximum Gasteiger partial charge on any atom is 0.426 e. The van der Waals surface area contributed by atoms with Gasteiger partial charge in [-0.25, -0.2) is 10.5 Å². The monoisotopic (exact) mass is 184 g/mol. The summed E-state index contributed by atoms with van der Waals surface area (Å²) in [6, 6.07) is 7.02. The van der Waals surface area contributed by atoms with Gasteiger partial charge >= 0.3 is 6.09 Å². The summed E-state index contributed by atoms with van der Waals surface area (Å²) >= 11 is 5.76. The minimum Gasteiger partial charge on any atom is -0.443 e. The lowest BCUT2D eigenvalue weighted by molar-refractivity contribution is 0.148. The molecule has 12 heavy (non-hydrogen) atoms. The Kier molecular flexibility index (Phi) is 2.94. The molecule has 0 bridgehead atoms. The second-order valence-electron chi connectivity index (χ2n) is 2.17. The summed E-state index contributed by atoms with van der Waals surface area (Å²) < 4.78 is 4.45. The largest absolute Gasteiger partial charge is 0.443 e. The first kappa shape index (κ1) is 8.87. The maximum absolute atomic E-state index is 10.1. The van der Waals surface area contributed by atoms with E-state index in [1.54, 1.807) is 24.3 Å². The van der Waals surface area contributed by atoms with Crippen LogP contribution >= 0.6 is 11.6 Å². The van der Waals surface area contributed by atoms with Crippen LogP contribution < -0.4 is 5.73 Å². The summed E-state index contributed by atoms with van der Waals surface area (Å²) in [4.78, 5) is 10.1. The Morgan fingerprint density at radius 2 is 2.17 bits per heavy atom. The van der Waals surface area contributed by atoms with E-state index in [0.29, 0.717) is 10.6 Å². The molecule has 0 aliphatic rings. The van der Waals surface area contributed by atoms with Gasteiger partial charge in [-0.2, -0.15) is 0 Å². The number of benzene rings is 1. The number of rotatable bonds is 2. The topological polar surface area (TPSA) is 50.1 Å². The first-order valence-electron chi connectivity index (χ1n) is 3.32. The van der Waals surface area contributed by atoms with Crippen LogP contribution in [0.4, 0.5) is 4.79 Å². The molecule has 3 nitrogen and oxygen atoms in total. The number of nitrogens with one attached hydrogen (secondary N) is 1. The van der Waals surface area contributed by atoms with Gasteiger partial charge in [0.05, 0.1) is 0 Å². The highest BCUT2D eigenvalue weighted by Crippen LogP contribution is 2.15. The molecule has 0 aromatic heterocycles. The van der Waals surface area contributed by atoms with E-state index in [0.717, 1.165) is 0 Å². The summed E-state index contributed by atoms with van der Waals surface area (Å²) in [6.45, 7) is 0.0575. The molecule has 1 amide bonds. The Morgan fingerprint density at radius 1 is 1.50 bits per heavy atom. The molecule has 0 saturated carbocycles. The highest BCUT2D eigenvalue weighted by Gasteiger charge is 2.00. The first-order chi connectivity index (χ1) is 5.70. The molecule has 4 heteroatoms. The van der Waals surface area contributed by atoms with Crippen LogP contribution in [-0.4, -0.2) is 6.09 Å². The molecule has 1 aromatic carbocycles. The van der Waals surface area contributed by atoms with E-state index in [9.17, 15) is 4.79 Å². The lowest BCUT2D eigenvalue weighted by Crippen LogP contribution is -2.02. The normalized spacial score (nSPS) is 9.42. The third-order valence-corrected chi connectivity index (χ3v) is 1.69. The van der Waals surface area contributed by atoms with Gasteiger partial charge in [0.1, 0.15) is 6.61 Å². The fraction of sp³-hybridized carbons (Fsp3) is 0.125. The van der Waals surface area contributed by atoms with Crippen molar-refractivity contribution in [3.63, 3.8) is 0 Å². The van der Waals surface area contributed by atoms with Crippen LogP contribution in [-0.2, 0) is 11.3 Å². The minimum absolute atomic E-state index is 0.0575. The molecule has 0 spiro atoms. The summed E-state index contributed by atoms with van der Waals surface area (Å²) in [5, 5.41) is 0.541. The number of carbonyl (C=O) groups excluding carboxylic acids is 1. The van der Waals surface area contributed by atoms with Gasteiger partial charge in [0.2, 0.25) is 0 Å². The second-order valence-corrected chi connectivity index (χ2v) is 2.57. The zero-order valence-electron chi connectivity index (χ0n) is 6.21. The molecule has 63 valence electrons. The number of ether oxygens (including phenoxy) is 1. The van der Waals surface area contributed by atoms with Gasteiger partial charge in [-0.3, -0.25) is 0 Å². The Bertz CT molecular complexity index is 288. The van der Waals surface area contributed by atoms with Gasteiger partial charge in [0.15, 0.2) is 0 Å². The van der Waals surface area contributed by atoms with Gasteiger partial charge in [0.25, 0.3) is 0 Å². The number of carbonyl (C=O) groups is 1.